The highest BCUT2D eigenvalue weighted by atomic mass is 35.5. The van der Waals surface area contributed by atoms with Gasteiger partial charge in [0.15, 0.2) is 0 Å². The summed E-state index contributed by atoms with van der Waals surface area (Å²) in [4.78, 5) is 9.44. The Labute approximate surface area is 170 Å². The first-order valence-corrected chi connectivity index (χ1v) is 9.96. The van der Waals surface area contributed by atoms with Gasteiger partial charge in [0.1, 0.15) is 22.7 Å². The summed E-state index contributed by atoms with van der Waals surface area (Å²) >= 11 is 7.37. The Morgan fingerprint density at radius 3 is 2.46 bits per heavy atom. The van der Waals surface area contributed by atoms with Crippen LogP contribution in [-0.4, -0.2) is 23.2 Å². The van der Waals surface area contributed by atoms with Crippen LogP contribution in [0.1, 0.15) is 6.42 Å². The van der Waals surface area contributed by atoms with Gasteiger partial charge in [-0.2, -0.15) is 0 Å². The van der Waals surface area contributed by atoms with Gasteiger partial charge in [0.25, 0.3) is 0 Å². The van der Waals surface area contributed by atoms with Crippen LogP contribution in [0.4, 0.5) is 4.39 Å². The summed E-state index contributed by atoms with van der Waals surface area (Å²) in [6.07, 6.45) is 2.19. The highest BCUT2D eigenvalue weighted by molar-refractivity contribution is 7.17. The number of hydrogen-bond donors (Lipinski definition) is 0. The fourth-order valence-electron chi connectivity index (χ4n) is 2.75. The third-order valence-corrected chi connectivity index (χ3v) is 5.24. The van der Waals surface area contributed by atoms with Crippen molar-refractivity contribution in [3.8, 4) is 22.8 Å². The molecular weight excluding hydrogens is 399 g/mol. The average Bonchev–Trinajstić information content (AvgIpc) is 3.15. The van der Waals surface area contributed by atoms with Crippen molar-refractivity contribution in [3.63, 3.8) is 0 Å². The molecule has 2 aromatic carbocycles. The number of rotatable bonds is 7. The summed E-state index contributed by atoms with van der Waals surface area (Å²) in [6.45, 7) is 0.975. The lowest BCUT2D eigenvalue weighted by Crippen LogP contribution is -2.06. The normalized spacial score (nSPS) is 10.9. The molecule has 0 saturated heterocycles. The fourth-order valence-corrected chi connectivity index (χ4v) is 3.78. The van der Waals surface area contributed by atoms with Gasteiger partial charge >= 0.3 is 0 Å². The van der Waals surface area contributed by atoms with Crippen molar-refractivity contribution in [1.82, 2.24) is 9.97 Å². The zero-order valence-corrected chi connectivity index (χ0v) is 16.3. The van der Waals surface area contributed by atoms with E-state index >= 15 is 0 Å². The van der Waals surface area contributed by atoms with Crippen LogP contribution in [0.3, 0.4) is 0 Å². The fraction of sp³-hybridized carbons (Fsp3) is 0.143. The molecule has 0 N–H and O–H groups in total. The predicted octanol–water partition coefficient (Wildman–Crippen LogP) is 6.00. The van der Waals surface area contributed by atoms with Gasteiger partial charge in [-0.05, 0) is 42.0 Å². The van der Waals surface area contributed by atoms with Crippen molar-refractivity contribution in [2.24, 2.45) is 0 Å². The lowest BCUT2D eigenvalue weighted by Gasteiger charge is -2.09. The third kappa shape index (κ3) is 4.24. The molecule has 142 valence electrons. The molecule has 0 amide bonds. The second-order valence-electron chi connectivity index (χ2n) is 6.02. The van der Waals surface area contributed by atoms with Gasteiger partial charge in [-0.15, -0.1) is 11.3 Å². The van der Waals surface area contributed by atoms with Crippen molar-refractivity contribution < 1.29 is 13.9 Å². The maximum atomic E-state index is 13.2. The van der Waals surface area contributed by atoms with E-state index in [0.717, 1.165) is 27.1 Å². The number of aromatic nitrogens is 2. The van der Waals surface area contributed by atoms with Crippen molar-refractivity contribution >= 4 is 33.2 Å². The first kappa shape index (κ1) is 18.7. The summed E-state index contributed by atoms with van der Waals surface area (Å²) in [7, 11) is 0. The van der Waals surface area contributed by atoms with E-state index in [9.17, 15) is 4.39 Å². The van der Waals surface area contributed by atoms with E-state index in [1.54, 1.807) is 24.3 Å². The van der Waals surface area contributed by atoms with Gasteiger partial charge < -0.3 is 9.47 Å². The highest BCUT2D eigenvalue weighted by Gasteiger charge is 2.14. The van der Waals surface area contributed by atoms with E-state index in [4.69, 9.17) is 21.1 Å². The van der Waals surface area contributed by atoms with Crippen LogP contribution < -0.4 is 9.47 Å². The monoisotopic (exact) mass is 414 g/mol. The van der Waals surface area contributed by atoms with Crippen LogP contribution in [-0.2, 0) is 0 Å². The van der Waals surface area contributed by atoms with Gasteiger partial charge in [0, 0.05) is 22.4 Å². The van der Waals surface area contributed by atoms with Gasteiger partial charge in [-0.1, -0.05) is 23.7 Å². The topological polar surface area (TPSA) is 44.2 Å². The molecule has 0 spiro atoms. The molecular formula is C21H16ClFN2O2S. The minimum atomic E-state index is -0.267. The number of nitrogens with zero attached hydrogens (tertiary/aromatic N) is 2. The minimum absolute atomic E-state index is 0.267. The molecule has 2 heterocycles. The minimum Gasteiger partial charge on any atom is -0.493 e. The van der Waals surface area contributed by atoms with Crippen molar-refractivity contribution in [2.75, 3.05) is 13.2 Å². The molecule has 0 radical (unpaired) electrons. The molecule has 7 heteroatoms. The first-order chi connectivity index (χ1) is 13.7. The van der Waals surface area contributed by atoms with Crippen LogP contribution in [0.15, 0.2) is 60.2 Å². The molecule has 0 aliphatic heterocycles. The van der Waals surface area contributed by atoms with E-state index in [1.807, 2.05) is 17.5 Å². The number of halogens is 2. The van der Waals surface area contributed by atoms with E-state index < -0.39 is 0 Å². The maximum Gasteiger partial charge on any atom is 0.225 e. The Hall–Kier alpha value is -2.70. The second kappa shape index (κ2) is 8.54. The van der Waals surface area contributed by atoms with Crippen molar-refractivity contribution in [1.29, 1.82) is 0 Å². The zero-order chi connectivity index (χ0) is 19.3. The molecule has 0 aliphatic rings. The lowest BCUT2D eigenvalue weighted by molar-refractivity contribution is 0.244. The number of hydrogen-bond acceptors (Lipinski definition) is 5. The van der Waals surface area contributed by atoms with Crippen LogP contribution in [0.2, 0.25) is 5.02 Å². The molecule has 4 nitrogen and oxygen atoms in total. The molecule has 0 atom stereocenters. The average molecular weight is 415 g/mol. The molecule has 28 heavy (non-hydrogen) atoms. The van der Waals surface area contributed by atoms with Gasteiger partial charge in [-0.3, -0.25) is 0 Å². The van der Waals surface area contributed by atoms with Gasteiger partial charge in [0.2, 0.25) is 5.88 Å². The summed E-state index contributed by atoms with van der Waals surface area (Å²) in [6, 6.07) is 13.6. The van der Waals surface area contributed by atoms with E-state index in [0.29, 0.717) is 30.5 Å². The SMILES string of the molecule is Fc1ccc(-c2csc3ncnc(OCCCOc4ccc(Cl)cc4)c23)cc1. The van der Waals surface area contributed by atoms with E-state index in [-0.39, 0.29) is 5.82 Å². The van der Waals surface area contributed by atoms with Crippen molar-refractivity contribution in [2.45, 2.75) is 6.42 Å². The Bertz CT molecular complexity index is 1070. The van der Waals surface area contributed by atoms with Crippen LogP contribution in [0, 0.1) is 5.82 Å². The lowest BCUT2D eigenvalue weighted by atomic mass is 10.1. The van der Waals surface area contributed by atoms with Gasteiger partial charge in [-0.25, -0.2) is 14.4 Å². The molecule has 0 bridgehead atoms. The summed E-state index contributed by atoms with van der Waals surface area (Å²) in [5.41, 5.74) is 1.84. The highest BCUT2D eigenvalue weighted by Crippen LogP contribution is 2.37. The molecule has 2 aromatic heterocycles. The largest absolute Gasteiger partial charge is 0.493 e. The predicted molar refractivity (Wildman–Crippen MR) is 110 cm³/mol. The number of fused-ring (bicyclic) bond motifs is 1. The van der Waals surface area contributed by atoms with Crippen LogP contribution >= 0.6 is 22.9 Å². The molecule has 4 aromatic rings. The molecule has 4 rings (SSSR count). The van der Waals surface area contributed by atoms with Gasteiger partial charge in [0.05, 0.1) is 18.6 Å². The summed E-state index contributed by atoms with van der Waals surface area (Å²) in [5, 5.41) is 3.51. The van der Waals surface area contributed by atoms with E-state index in [2.05, 4.69) is 9.97 Å². The standard InChI is InChI=1S/C21H16ClFN2O2S/c22-15-4-8-17(9-5-15)26-10-1-11-27-20-19-18(12-28-21(19)25-13-24-20)14-2-6-16(23)7-3-14/h2-9,12-13H,1,10-11H2. The molecule has 0 unspecified atom stereocenters. The van der Waals surface area contributed by atoms with Crippen molar-refractivity contribution in [3.05, 3.63) is 71.1 Å². The second-order valence-corrected chi connectivity index (χ2v) is 7.31. The number of benzene rings is 2. The van der Waals surface area contributed by atoms with E-state index in [1.165, 1.54) is 29.8 Å². The Balaban J connectivity index is 1.43. The van der Waals surface area contributed by atoms with Crippen LogP contribution in [0.5, 0.6) is 11.6 Å². The summed E-state index contributed by atoms with van der Waals surface area (Å²) < 4.78 is 24.8. The quantitative estimate of drug-likeness (QED) is 0.348. The number of thiophene rings is 1. The Morgan fingerprint density at radius 1 is 0.929 bits per heavy atom. The first-order valence-electron chi connectivity index (χ1n) is 8.70. The molecule has 0 saturated carbocycles. The molecule has 0 fully saturated rings. The maximum absolute atomic E-state index is 13.2. The van der Waals surface area contributed by atoms with Crippen LogP contribution in [0.25, 0.3) is 21.3 Å². The third-order valence-electron chi connectivity index (χ3n) is 4.10. The summed E-state index contributed by atoms with van der Waals surface area (Å²) in [5.74, 6) is 1.03. The Morgan fingerprint density at radius 2 is 1.68 bits per heavy atom. The zero-order valence-electron chi connectivity index (χ0n) is 14.8. The number of ether oxygens (including phenoxy) is 2. The Kier molecular flexibility index (Phi) is 5.69. The molecule has 0 aliphatic carbocycles. The smallest absolute Gasteiger partial charge is 0.225 e.